The number of fused-ring (bicyclic) bond motifs is 1. The van der Waals surface area contributed by atoms with Gasteiger partial charge in [0, 0.05) is 23.4 Å². The van der Waals surface area contributed by atoms with E-state index < -0.39 is 5.75 Å². The molecule has 0 aliphatic heterocycles. The van der Waals surface area contributed by atoms with Crippen LogP contribution in [0.3, 0.4) is 0 Å². The molecule has 2 rings (SSSR count). The van der Waals surface area contributed by atoms with E-state index >= 15 is 0 Å². The van der Waals surface area contributed by atoms with E-state index in [4.69, 9.17) is 11.6 Å². The van der Waals surface area contributed by atoms with Crippen LogP contribution < -0.4 is 5.43 Å². The number of aromatic hydroxyl groups is 2. The van der Waals surface area contributed by atoms with Crippen LogP contribution >= 0.6 is 11.6 Å². The van der Waals surface area contributed by atoms with Crippen LogP contribution in [0, 0.1) is 6.92 Å². The Kier molecular flexibility index (Phi) is 3.01. The van der Waals surface area contributed by atoms with Gasteiger partial charge in [-0.05, 0) is 27.7 Å². The minimum Gasteiger partial charge on any atom is -0.504 e. The molecule has 0 unspecified atom stereocenters. The van der Waals surface area contributed by atoms with Crippen LogP contribution in [0.25, 0.3) is 10.9 Å². The predicted molar refractivity (Wildman–Crippen MR) is 76.3 cm³/mol. The highest BCUT2D eigenvalue weighted by molar-refractivity contribution is 6.37. The van der Waals surface area contributed by atoms with Gasteiger partial charge in [0.2, 0.25) is 0 Å². The maximum atomic E-state index is 12.2. The molecule has 0 fully saturated rings. The van der Waals surface area contributed by atoms with Gasteiger partial charge in [-0.25, -0.2) is 0 Å². The fourth-order valence-electron chi connectivity index (χ4n) is 2.09. The normalized spacial score (nSPS) is 12.1. The van der Waals surface area contributed by atoms with Crippen LogP contribution in [0.1, 0.15) is 26.3 Å². The van der Waals surface area contributed by atoms with Gasteiger partial charge in [0.05, 0.1) is 15.9 Å². The van der Waals surface area contributed by atoms with E-state index in [0.717, 1.165) is 0 Å². The lowest BCUT2D eigenvalue weighted by atomic mass is 10.0. The Morgan fingerprint density at radius 3 is 2.37 bits per heavy atom. The summed E-state index contributed by atoms with van der Waals surface area (Å²) in [6.07, 6.45) is 1.73. The third kappa shape index (κ3) is 2.06. The lowest BCUT2D eigenvalue weighted by Gasteiger charge is -2.26. The van der Waals surface area contributed by atoms with Crippen molar-refractivity contribution in [2.24, 2.45) is 0 Å². The fourth-order valence-corrected chi connectivity index (χ4v) is 2.37. The number of rotatable bonds is 0. The molecule has 19 heavy (non-hydrogen) atoms. The predicted octanol–water partition coefficient (Wildman–Crippen LogP) is 3.13. The van der Waals surface area contributed by atoms with Gasteiger partial charge in [0.15, 0.2) is 16.9 Å². The molecule has 0 radical (unpaired) electrons. The molecular weight excluding hydrogens is 266 g/mol. The largest absolute Gasteiger partial charge is 0.504 e. The molecule has 2 N–H and O–H groups in total. The third-order valence-corrected chi connectivity index (χ3v) is 3.46. The number of aryl methyl sites for hydroxylation is 1. The minimum absolute atomic E-state index is 0.110. The average Bonchev–Trinajstić information content (AvgIpc) is 2.29. The number of pyridine rings is 1. The third-order valence-electron chi connectivity index (χ3n) is 3.09. The van der Waals surface area contributed by atoms with Gasteiger partial charge in [0.1, 0.15) is 0 Å². The van der Waals surface area contributed by atoms with Gasteiger partial charge in [0.25, 0.3) is 0 Å². The van der Waals surface area contributed by atoms with E-state index in [9.17, 15) is 15.0 Å². The molecule has 102 valence electrons. The van der Waals surface area contributed by atoms with E-state index in [1.165, 1.54) is 6.07 Å². The summed E-state index contributed by atoms with van der Waals surface area (Å²) >= 11 is 6.01. The molecule has 0 saturated carbocycles. The number of phenols is 2. The number of hydrogen-bond donors (Lipinski definition) is 2. The Labute approximate surface area is 115 Å². The molecule has 1 aromatic carbocycles. The number of nitrogens with zero attached hydrogens (tertiary/aromatic N) is 1. The molecule has 0 amide bonds. The number of halogens is 1. The van der Waals surface area contributed by atoms with Crippen molar-refractivity contribution in [3.8, 4) is 11.5 Å². The highest BCUT2D eigenvalue weighted by atomic mass is 35.5. The molecule has 1 heterocycles. The number of phenolic OH excluding ortho intramolecular Hbond substituents is 2. The van der Waals surface area contributed by atoms with Gasteiger partial charge in [-0.3, -0.25) is 4.79 Å². The molecule has 0 saturated heterocycles. The Morgan fingerprint density at radius 1 is 1.26 bits per heavy atom. The van der Waals surface area contributed by atoms with Gasteiger partial charge < -0.3 is 14.8 Å². The lowest BCUT2D eigenvalue weighted by molar-refractivity contribution is 0.397. The molecule has 0 atom stereocenters. The van der Waals surface area contributed by atoms with E-state index in [-0.39, 0.29) is 27.1 Å². The van der Waals surface area contributed by atoms with Crippen molar-refractivity contribution in [2.45, 2.75) is 33.2 Å². The van der Waals surface area contributed by atoms with Crippen LogP contribution in [0.2, 0.25) is 5.02 Å². The second-order valence-electron chi connectivity index (χ2n) is 5.63. The van der Waals surface area contributed by atoms with Crippen LogP contribution in [-0.2, 0) is 5.54 Å². The summed E-state index contributed by atoms with van der Waals surface area (Å²) < 4.78 is 1.87. The van der Waals surface area contributed by atoms with Crippen LogP contribution in [0.5, 0.6) is 11.5 Å². The van der Waals surface area contributed by atoms with Crippen LogP contribution in [0.15, 0.2) is 17.1 Å². The summed E-state index contributed by atoms with van der Waals surface area (Å²) in [7, 11) is 0. The van der Waals surface area contributed by atoms with Crippen LogP contribution in [0.4, 0.5) is 0 Å². The monoisotopic (exact) mass is 281 g/mol. The van der Waals surface area contributed by atoms with E-state index in [1.807, 2.05) is 25.3 Å². The van der Waals surface area contributed by atoms with Gasteiger partial charge in [-0.1, -0.05) is 11.6 Å². The van der Waals surface area contributed by atoms with Crippen molar-refractivity contribution in [1.82, 2.24) is 4.57 Å². The standard InChI is InChI=1S/C14H16ClNO3/c1-7-6-16(14(2,3)4)8-5-9(17)13(19)11(15)10(8)12(7)18/h5-6,17,19H,1-4H3. The maximum Gasteiger partial charge on any atom is 0.193 e. The number of benzene rings is 1. The van der Waals surface area contributed by atoms with Crippen molar-refractivity contribution in [3.63, 3.8) is 0 Å². The van der Waals surface area contributed by atoms with Gasteiger partial charge in [-0.15, -0.1) is 0 Å². The van der Waals surface area contributed by atoms with E-state index in [1.54, 1.807) is 13.1 Å². The molecule has 4 nitrogen and oxygen atoms in total. The molecule has 1 aromatic heterocycles. The first-order valence-corrected chi connectivity index (χ1v) is 6.29. The summed E-state index contributed by atoms with van der Waals surface area (Å²) in [6.45, 7) is 7.64. The Balaban J connectivity index is 3.12. The molecule has 0 spiro atoms. The number of hydrogen-bond acceptors (Lipinski definition) is 3. The van der Waals surface area contributed by atoms with Crippen molar-refractivity contribution >= 4 is 22.5 Å². The zero-order valence-electron chi connectivity index (χ0n) is 11.3. The Morgan fingerprint density at radius 2 is 1.84 bits per heavy atom. The smallest absolute Gasteiger partial charge is 0.193 e. The summed E-state index contributed by atoms with van der Waals surface area (Å²) in [6, 6.07) is 1.36. The quantitative estimate of drug-likeness (QED) is 0.729. The highest BCUT2D eigenvalue weighted by Crippen LogP contribution is 2.39. The van der Waals surface area contributed by atoms with Gasteiger partial charge >= 0.3 is 0 Å². The van der Waals surface area contributed by atoms with Crippen molar-refractivity contribution in [3.05, 3.63) is 33.1 Å². The van der Waals surface area contributed by atoms with Crippen molar-refractivity contribution in [2.75, 3.05) is 0 Å². The summed E-state index contributed by atoms with van der Waals surface area (Å²) in [5.41, 5.74) is 0.511. The molecule has 0 aliphatic rings. The first-order chi connectivity index (χ1) is 8.64. The summed E-state index contributed by atoms with van der Waals surface area (Å²) in [5, 5.41) is 19.5. The summed E-state index contributed by atoms with van der Waals surface area (Å²) in [5.74, 6) is -0.795. The van der Waals surface area contributed by atoms with Crippen LogP contribution in [-0.4, -0.2) is 14.8 Å². The minimum atomic E-state index is -0.461. The zero-order valence-corrected chi connectivity index (χ0v) is 12.0. The molecule has 0 bridgehead atoms. The van der Waals surface area contributed by atoms with Crippen molar-refractivity contribution in [1.29, 1.82) is 0 Å². The SMILES string of the molecule is Cc1cn(C(C)(C)C)c2cc(O)c(O)c(Cl)c2c1=O. The average molecular weight is 282 g/mol. The fraction of sp³-hybridized carbons (Fsp3) is 0.357. The Hall–Kier alpha value is -1.68. The topological polar surface area (TPSA) is 62.5 Å². The first kappa shape index (κ1) is 13.7. The molecule has 0 aliphatic carbocycles. The maximum absolute atomic E-state index is 12.2. The number of aromatic nitrogens is 1. The highest BCUT2D eigenvalue weighted by Gasteiger charge is 2.21. The molecule has 2 aromatic rings. The molecule has 5 heteroatoms. The second kappa shape index (κ2) is 4.17. The van der Waals surface area contributed by atoms with E-state index in [0.29, 0.717) is 11.1 Å². The summed E-state index contributed by atoms with van der Waals surface area (Å²) in [4.78, 5) is 12.2. The van der Waals surface area contributed by atoms with E-state index in [2.05, 4.69) is 0 Å². The second-order valence-corrected chi connectivity index (χ2v) is 6.01. The van der Waals surface area contributed by atoms with Crippen molar-refractivity contribution < 1.29 is 10.2 Å². The zero-order chi connectivity index (χ0) is 14.5. The Bertz CT molecular complexity index is 726. The lowest BCUT2D eigenvalue weighted by Crippen LogP contribution is -2.25. The van der Waals surface area contributed by atoms with Gasteiger partial charge in [-0.2, -0.15) is 0 Å². The molecular formula is C14H16ClNO3. The first-order valence-electron chi connectivity index (χ1n) is 5.91.